The lowest BCUT2D eigenvalue weighted by Gasteiger charge is -2.28. The molecule has 1 aromatic carbocycles. The van der Waals surface area contributed by atoms with E-state index < -0.39 is 28.0 Å². The highest BCUT2D eigenvalue weighted by molar-refractivity contribution is 7.91. The summed E-state index contributed by atoms with van der Waals surface area (Å²) < 4.78 is 32.2. The van der Waals surface area contributed by atoms with E-state index in [1.165, 1.54) is 18.1 Å². The molecule has 11 heteroatoms. The molecule has 1 unspecified atom stereocenters. The molecule has 162 valence electrons. The van der Waals surface area contributed by atoms with E-state index in [0.29, 0.717) is 6.54 Å². The van der Waals surface area contributed by atoms with Crippen molar-refractivity contribution in [3.8, 4) is 0 Å². The number of carbonyl (C=O) groups excluding carboxylic acids is 2. The maximum absolute atomic E-state index is 13.1. The average molecular weight is 453 g/mol. The summed E-state index contributed by atoms with van der Waals surface area (Å²) in [5.41, 5.74) is 7.39. The van der Waals surface area contributed by atoms with Gasteiger partial charge in [-0.1, -0.05) is 30.3 Å². The van der Waals surface area contributed by atoms with Gasteiger partial charge >= 0.3 is 0 Å². The number of hydrogen-bond donors (Lipinski definition) is 2. The van der Waals surface area contributed by atoms with Gasteiger partial charge in [-0.15, -0.1) is 11.3 Å². The molecular formula is C19H24N4O5S2. The number of thiophene rings is 1. The van der Waals surface area contributed by atoms with Crippen molar-refractivity contribution >= 4 is 33.2 Å². The summed E-state index contributed by atoms with van der Waals surface area (Å²) in [6.45, 7) is 0.443. The molecule has 2 amide bonds. The van der Waals surface area contributed by atoms with E-state index in [1.54, 1.807) is 11.4 Å². The van der Waals surface area contributed by atoms with Gasteiger partial charge in [0.25, 0.3) is 15.9 Å². The van der Waals surface area contributed by atoms with Crippen LogP contribution in [0.3, 0.4) is 0 Å². The van der Waals surface area contributed by atoms with Crippen molar-refractivity contribution in [1.82, 2.24) is 14.5 Å². The van der Waals surface area contributed by atoms with Gasteiger partial charge in [-0.3, -0.25) is 9.59 Å². The SMILES string of the molecule is COCC(=O)N1CCN(S(=O)(=O)c2cccs2)C1C(=O)NCc1cccc(CN)c1. The molecule has 1 aliphatic rings. The van der Waals surface area contributed by atoms with Gasteiger partial charge in [-0.25, -0.2) is 8.42 Å². The molecule has 1 saturated heterocycles. The molecular weight excluding hydrogens is 428 g/mol. The Labute approximate surface area is 179 Å². The summed E-state index contributed by atoms with van der Waals surface area (Å²) >= 11 is 1.06. The van der Waals surface area contributed by atoms with Crippen LogP contribution in [0.4, 0.5) is 0 Å². The first-order chi connectivity index (χ1) is 14.4. The smallest absolute Gasteiger partial charge is 0.259 e. The van der Waals surface area contributed by atoms with Crippen LogP contribution >= 0.6 is 11.3 Å². The molecule has 3 N–H and O–H groups in total. The van der Waals surface area contributed by atoms with Gasteiger partial charge in [-0.05, 0) is 22.6 Å². The average Bonchev–Trinajstić information content (AvgIpc) is 3.43. The van der Waals surface area contributed by atoms with Crippen molar-refractivity contribution in [2.24, 2.45) is 5.73 Å². The largest absolute Gasteiger partial charge is 0.375 e. The molecule has 2 heterocycles. The van der Waals surface area contributed by atoms with E-state index in [2.05, 4.69) is 5.32 Å². The molecule has 1 aromatic heterocycles. The van der Waals surface area contributed by atoms with E-state index in [1.807, 2.05) is 24.3 Å². The van der Waals surface area contributed by atoms with Gasteiger partial charge in [0.1, 0.15) is 10.8 Å². The van der Waals surface area contributed by atoms with Crippen molar-refractivity contribution in [2.45, 2.75) is 23.5 Å². The number of carbonyl (C=O) groups is 2. The Bertz CT molecular complexity index is 994. The Morgan fingerprint density at radius 2 is 2.00 bits per heavy atom. The molecule has 0 saturated carbocycles. The second-order valence-corrected chi connectivity index (χ2v) is 9.75. The summed E-state index contributed by atoms with van der Waals surface area (Å²) in [5, 5.41) is 4.40. The Hall–Kier alpha value is -2.31. The van der Waals surface area contributed by atoms with Crippen LogP contribution in [0.2, 0.25) is 0 Å². The van der Waals surface area contributed by atoms with Crippen LogP contribution in [0.1, 0.15) is 11.1 Å². The highest BCUT2D eigenvalue weighted by Crippen LogP contribution is 2.27. The lowest BCUT2D eigenvalue weighted by atomic mass is 10.1. The third-order valence-corrected chi connectivity index (χ3v) is 7.93. The van der Waals surface area contributed by atoms with Gasteiger partial charge in [0.05, 0.1) is 0 Å². The number of nitrogens with zero attached hydrogens (tertiary/aromatic N) is 2. The third kappa shape index (κ3) is 4.71. The maximum atomic E-state index is 13.1. The van der Waals surface area contributed by atoms with Gasteiger partial charge in [-0.2, -0.15) is 4.31 Å². The zero-order valence-corrected chi connectivity index (χ0v) is 18.1. The number of rotatable bonds is 8. The summed E-state index contributed by atoms with van der Waals surface area (Å²) in [6.07, 6.45) is -1.28. The molecule has 9 nitrogen and oxygen atoms in total. The fourth-order valence-corrected chi connectivity index (χ4v) is 5.94. The molecule has 2 aromatic rings. The van der Waals surface area contributed by atoms with Crippen molar-refractivity contribution in [1.29, 1.82) is 0 Å². The molecule has 0 radical (unpaired) electrons. The van der Waals surface area contributed by atoms with Gasteiger partial charge in [0.15, 0.2) is 6.17 Å². The van der Waals surface area contributed by atoms with Gasteiger partial charge in [0.2, 0.25) is 5.91 Å². The molecule has 1 atom stereocenters. The van der Waals surface area contributed by atoms with E-state index >= 15 is 0 Å². The first-order valence-corrected chi connectivity index (χ1v) is 11.6. The van der Waals surface area contributed by atoms with E-state index in [4.69, 9.17) is 10.5 Å². The zero-order chi connectivity index (χ0) is 21.7. The normalized spacial score (nSPS) is 17.3. The summed E-state index contributed by atoms with van der Waals surface area (Å²) in [7, 11) is -2.56. The number of methoxy groups -OCH3 is 1. The standard InChI is InChI=1S/C19H24N4O5S2/c1-28-13-16(24)22-7-8-23(30(26,27)17-6-3-9-29-17)19(22)18(25)21-12-15-5-2-4-14(10-15)11-20/h2-6,9-10,19H,7-8,11-13,20H2,1H3,(H,21,25). The predicted octanol–water partition coefficient (Wildman–Crippen LogP) is 0.329. The summed E-state index contributed by atoms with van der Waals surface area (Å²) in [6, 6.07) is 10.5. The van der Waals surface area contributed by atoms with Crippen LogP contribution in [0.15, 0.2) is 46.0 Å². The number of amides is 2. The van der Waals surface area contributed by atoms with Crippen LogP contribution < -0.4 is 11.1 Å². The first kappa shape index (κ1) is 22.4. The van der Waals surface area contributed by atoms with Crippen LogP contribution in [-0.4, -0.2) is 62.4 Å². The molecule has 0 aliphatic carbocycles. The first-order valence-electron chi connectivity index (χ1n) is 9.28. The number of sulfonamides is 1. The number of benzene rings is 1. The molecule has 0 spiro atoms. The molecule has 30 heavy (non-hydrogen) atoms. The van der Waals surface area contributed by atoms with Crippen LogP contribution in [0.5, 0.6) is 0 Å². The van der Waals surface area contributed by atoms with Crippen molar-refractivity contribution in [3.05, 3.63) is 52.9 Å². The summed E-state index contributed by atoms with van der Waals surface area (Å²) in [5.74, 6) is -1.03. The topological polar surface area (TPSA) is 122 Å². The second-order valence-electron chi connectivity index (χ2n) is 6.68. The molecule has 3 rings (SSSR count). The van der Waals surface area contributed by atoms with Gasteiger partial charge < -0.3 is 20.7 Å². The minimum atomic E-state index is -3.92. The Morgan fingerprint density at radius 3 is 2.67 bits per heavy atom. The highest BCUT2D eigenvalue weighted by atomic mass is 32.2. The molecule has 1 fully saturated rings. The van der Waals surface area contributed by atoms with Crippen molar-refractivity contribution in [2.75, 3.05) is 26.8 Å². The fraction of sp³-hybridized carbons (Fsp3) is 0.368. The van der Waals surface area contributed by atoms with Crippen LogP contribution in [-0.2, 0) is 37.4 Å². The quantitative estimate of drug-likeness (QED) is 0.595. The van der Waals surface area contributed by atoms with E-state index in [9.17, 15) is 18.0 Å². The predicted molar refractivity (Wildman–Crippen MR) is 112 cm³/mol. The monoisotopic (exact) mass is 452 g/mol. The zero-order valence-electron chi connectivity index (χ0n) is 16.5. The fourth-order valence-electron chi connectivity index (χ4n) is 3.27. The Morgan fingerprint density at radius 1 is 1.23 bits per heavy atom. The van der Waals surface area contributed by atoms with Gasteiger partial charge in [0, 0.05) is 33.3 Å². The highest BCUT2D eigenvalue weighted by Gasteiger charge is 2.46. The lowest BCUT2D eigenvalue weighted by molar-refractivity contribution is -0.143. The Balaban J connectivity index is 1.83. The number of nitrogens with two attached hydrogens (primary N) is 1. The van der Waals surface area contributed by atoms with E-state index in [-0.39, 0.29) is 30.5 Å². The second kappa shape index (κ2) is 9.67. The third-order valence-electron chi connectivity index (χ3n) is 4.70. The minimum absolute atomic E-state index is 0.0242. The molecule has 0 bridgehead atoms. The number of hydrogen-bond acceptors (Lipinski definition) is 7. The number of nitrogens with one attached hydrogen (secondary N) is 1. The van der Waals surface area contributed by atoms with Crippen LogP contribution in [0.25, 0.3) is 0 Å². The van der Waals surface area contributed by atoms with Crippen LogP contribution in [0, 0.1) is 0 Å². The Kier molecular flexibility index (Phi) is 7.21. The van der Waals surface area contributed by atoms with Crippen molar-refractivity contribution in [3.63, 3.8) is 0 Å². The maximum Gasteiger partial charge on any atom is 0.259 e. The summed E-state index contributed by atoms with van der Waals surface area (Å²) in [4.78, 5) is 26.7. The molecule has 1 aliphatic heterocycles. The minimum Gasteiger partial charge on any atom is -0.375 e. The lowest BCUT2D eigenvalue weighted by Crippen LogP contribution is -2.54. The van der Waals surface area contributed by atoms with Crippen molar-refractivity contribution < 1.29 is 22.7 Å². The van der Waals surface area contributed by atoms with E-state index in [0.717, 1.165) is 26.8 Å². The number of ether oxygens (including phenoxy) is 1.